The minimum Gasteiger partial charge on any atom is -0.449 e. The highest BCUT2D eigenvalue weighted by molar-refractivity contribution is 5.80. The van der Waals surface area contributed by atoms with Crippen LogP contribution in [0.2, 0.25) is 0 Å². The average Bonchev–Trinajstić information content (AvgIpc) is 2.98. The van der Waals surface area contributed by atoms with Gasteiger partial charge in [-0.2, -0.15) is 0 Å². The summed E-state index contributed by atoms with van der Waals surface area (Å²) >= 11 is 0. The van der Waals surface area contributed by atoms with Crippen LogP contribution in [-0.4, -0.2) is 54.2 Å². The number of nitrogens with two attached hydrogens (primary N) is 1. The molecule has 0 aliphatic carbocycles. The zero-order valence-corrected chi connectivity index (χ0v) is 13.1. The van der Waals surface area contributed by atoms with Gasteiger partial charge in [0.1, 0.15) is 0 Å². The van der Waals surface area contributed by atoms with E-state index in [1.807, 2.05) is 18.7 Å². The van der Waals surface area contributed by atoms with Gasteiger partial charge in [-0.3, -0.25) is 9.69 Å². The van der Waals surface area contributed by atoms with Gasteiger partial charge in [0, 0.05) is 19.6 Å². The average molecular weight is 297 g/mol. The Hall–Kier alpha value is -1.30. The number of piperidine rings is 1. The van der Waals surface area contributed by atoms with Crippen LogP contribution >= 0.6 is 0 Å². The standard InChI is InChI=1S/C15H27N3O3/c1-11(2)10-21-15(20)18-9-12(5-6-13(18)16)14(19)17-7-3-4-8-17/h11-13H,3-10,16H2,1-2H3. The van der Waals surface area contributed by atoms with Crippen molar-refractivity contribution in [3.05, 3.63) is 0 Å². The number of nitrogens with zero attached hydrogens (tertiary/aromatic N) is 2. The number of carbonyl (C=O) groups is 2. The van der Waals surface area contributed by atoms with Crippen molar-refractivity contribution in [2.75, 3.05) is 26.2 Å². The van der Waals surface area contributed by atoms with Gasteiger partial charge in [-0.05, 0) is 31.6 Å². The lowest BCUT2D eigenvalue weighted by Gasteiger charge is -2.37. The summed E-state index contributed by atoms with van der Waals surface area (Å²) in [6, 6.07) is 0. The quantitative estimate of drug-likeness (QED) is 0.854. The van der Waals surface area contributed by atoms with Crippen LogP contribution in [0.5, 0.6) is 0 Å². The first-order valence-electron chi connectivity index (χ1n) is 7.96. The number of hydrogen-bond acceptors (Lipinski definition) is 4. The molecule has 0 bridgehead atoms. The van der Waals surface area contributed by atoms with Crippen LogP contribution < -0.4 is 5.73 Å². The third-order valence-electron chi connectivity index (χ3n) is 4.17. The molecule has 0 aromatic carbocycles. The minimum atomic E-state index is -0.393. The molecule has 2 saturated heterocycles. The first-order chi connectivity index (χ1) is 9.99. The van der Waals surface area contributed by atoms with Crippen LogP contribution in [0.25, 0.3) is 0 Å². The van der Waals surface area contributed by atoms with E-state index < -0.39 is 6.09 Å². The Bertz CT molecular complexity index is 380. The summed E-state index contributed by atoms with van der Waals surface area (Å²) in [6.07, 6.45) is 2.84. The van der Waals surface area contributed by atoms with Gasteiger partial charge in [-0.25, -0.2) is 4.79 Å². The molecular formula is C15H27N3O3. The van der Waals surface area contributed by atoms with Gasteiger partial charge in [-0.1, -0.05) is 13.8 Å². The molecule has 2 aliphatic rings. The van der Waals surface area contributed by atoms with Crippen molar-refractivity contribution in [1.82, 2.24) is 9.80 Å². The number of likely N-dealkylation sites (tertiary alicyclic amines) is 2. The topological polar surface area (TPSA) is 75.9 Å². The number of hydrogen-bond donors (Lipinski definition) is 1. The Morgan fingerprint density at radius 3 is 2.52 bits per heavy atom. The van der Waals surface area contributed by atoms with Crippen molar-refractivity contribution < 1.29 is 14.3 Å². The second-order valence-electron chi connectivity index (χ2n) is 6.50. The SMILES string of the molecule is CC(C)COC(=O)N1CC(C(=O)N2CCCC2)CCC1N. The third-order valence-corrected chi connectivity index (χ3v) is 4.17. The number of rotatable bonds is 3. The molecule has 0 aromatic heterocycles. The first-order valence-corrected chi connectivity index (χ1v) is 7.96. The molecular weight excluding hydrogens is 270 g/mol. The summed E-state index contributed by atoms with van der Waals surface area (Å²) in [5.41, 5.74) is 6.00. The fraction of sp³-hybridized carbons (Fsp3) is 0.867. The highest BCUT2D eigenvalue weighted by atomic mass is 16.6. The molecule has 0 aromatic rings. The molecule has 2 fully saturated rings. The highest BCUT2D eigenvalue weighted by Crippen LogP contribution is 2.24. The molecule has 0 saturated carbocycles. The van der Waals surface area contributed by atoms with Crippen LogP contribution in [0.15, 0.2) is 0 Å². The Morgan fingerprint density at radius 2 is 1.90 bits per heavy atom. The maximum Gasteiger partial charge on any atom is 0.411 e. The lowest BCUT2D eigenvalue weighted by atomic mass is 9.95. The van der Waals surface area contributed by atoms with Crippen molar-refractivity contribution in [3.8, 4) is 0 Å². The van der Waals surface area contributed by atoms with Crippen molar-refractivity contribution >= 4 is 12.0 Å². The van der Waals surface area contributed by atoms with E-state index in [9.17, 15) is 9.59 Å². The fourth-order valence-electron chi connectivity index (χ4n) is 2.92. The van der Waals surface area contributed by atoms with Gasteiger partial charge in [0.15, 0.2) is 0 Å². The van der Waals surface area contributed by atoms with Crippen molar-refractivity contribution in [2.24, 2.45) is 17.6 Å². The molecule has 2 aliphatic heterocycles. The van der Waals surface area contributed by atoms with Gasteiger partial charge in [0.25, 0.3) is 0 Å². The maximum atomic E-state index is 12.4. The summed E-state index contributed by atoms with van der Waals surface area (Å²) in [5.74, 6) is 0.326. The molecule has 0 radical (unpaired) electrons. The van der Waals surface area contributed by atoms with Crippen molar-refractivity contribution in [2.45, 2.75) is 45.7 Å². The monoisotopic (exact) mass is 297 g/mol. The Morgan fingerprint density at radius 1 is 1.24 bits per heavy atom. The summed E-state index contributed by atoms with van der Waals surface area (Å²) in [4.78, 5) is 28.0. The molecule has 2 amide bonds. The third kappa shape index (κ3) is 4.09. The van der Waals surface area contributed by atoms with Gasteiger partial charge in [-0.15, -0.1) is 0 Å². The zero-order valence-electron chi connectivity index (χ0n) is 13.1. The minimum absolute atomic E-state index is 0.130. The molecule has 0 spiro atoms. The van der Waals surface area contributed by atoms with E-state index in [-0.39, 0.29) is 23.9 Å². The second-order valence-corrected chi connectivity index (χ2v) is 6.50. The van der Waals surface area contributed by atoms with Crippen molar-refractivity contribution in [3.63, 3.8) is 0 Å². The Kier molecular flexibility index (Phi) is 5.45. The maximum absolute atomic E-state index is 12.4. The lowest BCUT2D eigenvalue weighted by molar-refractivity contribution is -0.136. The van der Waals surface area contributed by atoms with Gasteiger partial charge in [0.2, 0.25) is 5.91 Å². The molecule has 6 heteroatoms. The molecule has 2 N–H and O–H groups in total. The molecule has 2 heterocycles. The number of carbonyl (C=O) groups excluding carboxylic acids is 2. The van der Waals surface area contributed by atoms with E-state index in [0.717, 1.165) is 32.4 Å². The molecule has 2 unspecified atom stereocenters. The van der Waals surface area contributed by atoms with Crippen LogP contribution in [0.4, 0.5) is 4.79 Å². The zero-order chi connectivity index (χ0) is 15.4. The van der Waals surface area contributed by atoms with E-state index in [1.54, 1.807) is 0 Å². The Balaban J connectivity index is 1.91. The predicted octanol–water partition coefficient (Wildman–Crippen LogP) is 1.40. The van der Waals surface area contributed by atoms with Gasteiger partial charge < -0.3 is 15.4 Å². The van der Waals surface area contributed by atoms with Crippen molar-refractivity contribution in [1.29, 1.82) is 0 Å². The molecule has 6 nitrogen and oxygen atoms in total. The largest absolute Gasteiger partial charge is 0.449 e. The molecule has 120 valence electrons. The summed E-state index contributed by atoms with van der Waals surface area (Å²) in [6.45, 7) is 6.44. The van der Waals surface area contributed by atoms with E-state index in [2.05, 4.69) is 0 Å². The summed E-state index contributed by atoms with van der Waals surface area (Å²) < 4.78 is 5.25. The smallest absolute Gasteiger partial charge is 0.411 e. The summed E-state index contributed by atoms with van der Waals surface area (Å²) in [7, 11) is 0. The molecule has 2 rings (SSSR count). The van der Waals surface area contributed by atoms with Gasteiger partial charge >= 0.3 is 6.09 Å². The van der Waals surface area contributed by atoms with Crippen LogP contribution in [-0.2, 0) is 9.53 Å². The first kappa shape index (κ1) is 16.1. The highest BCUT2D eigenvalue weighted by Gasteiger charge is 2.36. The number of amides is 2. The van der Waals surface area contributed by atoms with E-state index in [1.165, 1.54) is 4.90 Å². The molecule has 21 heavy (non-hydrogen) atoms. The number of ether oxygens (including phenoxy) is 1. The van der Waals surface area contributed by atoms with E-state index >= 15 is 0 Å². The van der Waals surface area contributed by atoms with E-state index in [0.29, 0.717) is 19.6 Å². The lowest BCUT2D eigenvalue weighted by Crippen LogP contribution is -2.54. The van der Waals surface area contributed by atoms with E-state index in [4.69, 9.17) is 10.5 Å². The van der Waals surface area contributed by atoms with Crippen LogP contribution in [0.1, 0.15) is 39.5 Å². The van der Waals surface area contributed by atoms with Gasteiger partial charge in [0.05, 0.1) is 18.7 Å². The summed E-state index contributed by atoms with van der Waals surface area (Å²) in [5, 5.41) is 0. The Labute approximate surface area is 126 Å². The van der Waals surface area contributed by atoms with Crippen LogP contribution in [0, 0.1) is 11.8 Å². The molecule has 2 atom stereocenters. The predicted molar refractivity (Wildman–Crippen MR) is 79.4 cm³/mol. The van der Waals surface area contributed by atoms with Crippen LogP contribution in [0.3, 0.4) is 0 Å². The second kappa shape index (κ2) is 7.11. The fourth-order valence-corrected chi connectivity index (χ4v) is 2.92. The normalized spacial score (nSPS) is 26.3.